The summed E-state index contributed by atoms with van der Waals surface area (Å²) in [7, 11) is -0.359. The first-order valence-corrected chi connectivity index (χ1v) is 5.47. The molecule has 0 saturated carbocycles. The third kappa shape index (κ3) is 1.19. The number of nitrogens with zero attached hydrogens (tertiary/aromatic N) is 2. The topological polar surface area (TPSA) is 32.8 Å². The second kappa shape index (κ2) is 2.85. The van der Waals surface area contributed by atoms with Crippen LogP contribution in [0.3, 0.4) is 0 Å². The first-order chi connectivity index (χ1) is 4.77. The fraction of sp³-hybridized carbons (Fsp3) is 0. The van der Waals surface area contributed by atoms with Gasteiger partial charge in [-0.25, -0.2) is 0 Å². The molecule has 4 nitrogen and oxygen atoms in total. The van der Waals surface area contributed by atoms with Gasteiger partial charge in [-0.1, -0.05) is 0 Å². The summed E-state index contributed by atoms with van der Waals surface area (Å²) in [6, 6.07) is 0. The molecule has 0 aromatic heterocycles. The van der Waals surface area contributed by atoms with Crippen molar-refractivity contribution in [3.05, 3.63) is 34.5 Å². The summed E-state index contributed by atoms with van der Waals surface area (Å²) in [6.07, 6.45) is 0. The second-order valence-electron chi connectivity index (χ2n) is 1.39. The van der Waals surface area contributed by atoms with Crippen LogP contribution in [-0.4, -0.2) is 14.4 Å². The van der Waals surface area contributed by atoms with Crippen molar-refractivity contribution >= 4 is 23.6 Å². The Hall–Kier alpha value is -0.811. The van der Waals surface area contributed by atoms with Crippen LogP contribution in [0.4, 0.5) is 0 Å². The Kier molecular flexibility index (Phi) is 2.08. The van der Waals surface area contributed by atoms with Crippen molar-refractivity contribution in [3.63, 3.8) is 0 Å². The zero-order valence-electron chi connectivity index (χ0n) is 4.71. The number of rotatable bonds is 0. The normalized spacial score (nSPS) is 17.0. The molecule has 0 unspecified atom stereocenters. The molecule has 0 spiro atoms. The van der Waals surface area contributed by atoms with E-state index in [1.807, 2.05) is 0 Å². The number of hydrogen-bond acceptors (Lipinski definition) is 2. The summed E-state index contributed by atoms with van der Waals surface area (Å²) in [6.45, 7) is 13.3. The summed E-state index contributed by atoms with van der Waals surface area (Å²) in [4.78, 5) is 6.24. The fourth-order valence-corrected chi connectivity index (χ4v) is 2.13. The Bertz CT molecular complexity index is 265. The Labute approximate surface area is 67.8 Å². The van der Waals surface area contributed by atoms with Crippen molar-refractivity contribution in [2.75, 3.05) is 0 Å². The molecule has 1 rings (SSSR count). The van der Waals surface area contributed by atoms with Crippen molar-refractivity contribution in [1.29, 1.82) is 0 Å². The molecule has 1 aliphatic heterocycles. The van der Waals surface area contributed by atoms with Gasteiger partial charge in [-0.15, -0.1) is 0 Å². The van der Waals surface area contributed by atoms with Gasteiger partial charge in [0.1, 0.15) is 0 Å². The van der Waals surface area contributed by atoms with E-state index in [-0.39, 0.29) is 9.19 Å². The van der Waals surface area contributed by atoms with Gasteiger partial charge in [-0.3, -0.25) is 0 Å². The maximum atomic E-state index is 6.64. The predicted octanol–water partition coefficient (Wildman–Crippen LogP) is 0.327. The van der Waals surface area contributed by atoms with Crippen LogP contribution < -0.4 is 9.44 Å². The molecular formula is C4H2N4SSe. The van der Waals surface area contributed by atoms with Crippen molar-refractivity contribution in [1.82, 2.24) is 9.44 Å². The molecule has 0 aromatic rings. The predicted molar refractivity (Wildman–Crippen MR) is 39.8 cm³/mol. The van der Waals surface area contributed by atoms with Gasteiger partial charge in [0.2, 0.25) is 0 Å². The zero-order valence-corrected chi connectivity index (χ0v) is 7.24. The SMILES string of the molecule is [C-]#[N+]C1=C([N+]#[C-])NS(=[Se])N1. The summed E-state index contributed by atoms with van der Waals surface area (Å²) in [5.74, 6) is 0.606. The van der Waals surface area contributed by atoms with Gasteiger partial charge in [0.05, 0.1) is 0 Å². The zero-order chi connectivity index (χ0) is 7.56. The molecule has 0 amide bonds. The van der Waals surface area contributed by atoms with Gasteiger partial charge in [0.25, 0.3) is 0 Å². The van der Waals surface area contributed by atoms with Crippen LogP contribution in [0.15, 0.2) is 11.6 Å². The molecule has 0 radical (unpaired) electrons. The molecule has 10 heavy (non-hydrogen) atoms. The van der Waals surface area contributed by atoms with E-state index in [4.69, 9.17) is 13.1 Å². The van der Waals surface area contributed by atoms with Crippen molar-refractivity contribution in [2.24, 2.45) is 0 Å². The van der Waals surface area contributed by atoms with Crippen LogP contribution in [0.1, 0.15) is 0 Å². The molecule has 0 atom stereocenters. The molecule has 6 heteroatoms. The van der Waals surface area contributed by atoms with E-state index < -0.39 is 0 Å². The van der Waals surface area contributed by atoms with E-state index in [0.29, 0.717) is 11.6 Å². The third-order valence-electron chi connectivity index (χ3n) is 0.827. The van der Waals surface area contributed by atoms with E-state index in [9.17, 15) is 0 Å². The average Bonchev–Trinajstić information content (AvgIpc) is 2.30. The molecule has 0 saturated heterocycles. The van der Waals surface area contributed by atoms with Gasteiger partial charge in [0.15, 0.2) is 0 Å². The number of nitrogens with one attached hydrogen (secondary N) is 2. The van der Waals surface area contributed by atoms with Crippen LogP contribution in [0.25, 0.3) is 9.69 Å². The summed E-state index contributed by atoms with van der Waals surface area (Å²) < 4.78 is 5.55. The third-order valence-corrected chi connectivity index (χ3v) is 2.63. The number of hydrogen-bond donors (Lipinski definition) is 2. The molecule has 50 valence electrons. The molecule has 2 N–H and O–H groups in total. The first kappa shape index (κ1) is 7.30. The fourth-order valence-electron chi connectivity index (χ4n) is 0.449. The Morgan fingerprint density at radius 1 is 1.20 bits per heavy atom. The minimum atomic E-state index is -0.359. The Balaban J connectivity index is 2.97. The first-order valence-electron chi connectivity index (χ1n) is 2.22. The van der Waals surface area contributed by atoms with E-state index >= 15 is 0 Å². The monoisotopic (exact) mass is 218 g/mol. The van der Waals surface area contributed by atoms with E-state index in [2.05, 4.69) is 33.5 Å². The van der Waals surface area contributed by atoms with Crippen molar-refractivity contribution < 1.29 is 0 Å². The summed E-state index contributed by atoms with van der Waals surface area (Å²) >= 11 is 2.74. The summed E-state index contributed by atoms with van der Waals surface area (Å²) in [5.41, 5.74) is 0. The van der Waals surface area contributed by atoms with Crippen molar-refractivity contribution in [3.8, 4) is 0 Å². The Morgan fingerprint density at radius 2 is 1.60 bits per heavy atom. The molecular weight excluding hydrogens is 215 g/mol. The van der Waals surface area contributed by atoms with Crippen LogP contribution in [0.5, 0.6) is 0 Å². The molecule has 1 aliphatic rings. The quantitative estimate of drug-likeness (QED) is 0.452. The van der Waals surface area contributed by atoms with E-state index in [1.165, 1.54) is 0 Å². The van der Waals surface area contributed by atoms with Crippen molar-refractivity contribution in [2.45, 2.75) is 0 Å². The average molecular weight is 217 g/mol. The maximum absolute atomic E-state index is 6.64. The minimum absolute atomic E-state index is 0.303. The van der Waals surface area contributed by atoms with Gasteiger partial charge in [-0.2, -0.15) is 0 Å². The van der Waals surface area contributed by atoms with Crippen LogP contribution in [-0.2, 0) is 0 Å². The van der Waals surface area contributed by atoms with Gasteiger partial charge < -0.3 is 0 Å². The standard InChI is InChI=1S/C4H2N4SSe/c1-5-3-4(6-2)8-9(10)7-3/h7-8H. The molecule has 0 fully saturated rings. The van der Waals surface area contributed by atoms with Gasteiger partial charge >= 0.3 is 67.5 Å². The van der Waals surface area contributed by atoms with Crippen LogP contribution >= 0.6 is 9.19 Å². The van der Waals surface area contributed by atoms with Gasteiger partial charge in [0, 0.05) is 0 Å². The van der Waals surface area contributed by atoms with Gasteiger partial charge in [-0.05, 0) is 0 Å². The molecule has 0 aromatic carbocycles. The molecule has 0 aliphatic carbocycles. The Morgan fingerprint density at radius 3 is 1.90 bits per heavy atom. The van der Waals surface area contributed by atoms with E-state index in [0.717, 1.165) is 0 Å². The molecule has 0 bridgehead atoms. The second-order valence-corrected chi connectivity index (χ2v) is 4.44. The van der Waals surface area contributed by atoms with E-state index in [1.54, 1.807) is 0 Å². The van der Waals surface area contributed by atoms with Crippen LogP contribution in [0, 0.1) is 13.1 Å². The molecule has 1 heterocycles. The summed E-state index contributed by atoms with van der Waals surface area (Å²) in [5, 5.41) is 0. The van der Waals surface area contributed by atoms with Crippen LogP contribution in [0.2, 0.25) is 0 Å².